The van der Waals surface area contributed by atoms with Crippen molar-refractivity contribution in [2.75, 3.05) is 5.32 Å². The van der Waals surface area contributed by atoms with Crippen LogP contribution in [0.25, 0.3) is 0 Å². The van der Waals surface area contributed by atoms with E-state index in [1.807, 2.05) is 0 Å². The van der Waals surface area contributed by atoms with Crippen molar-refractivity contribution in [3.05, 3.63) is 85.6 Å². The van der Waals surface area contributed by atoms with Gasteiger partial charge in [0.25, 0.3) is 5.91 Å². The summed E-state index contributed by atoms with van der Waals surface area (Å²) >= 11 is 12.4. The van der Waals surface area contributed by atoms with E-state index < -0.39 is 10.8 Å². The van der Waals surface area contributed by atoms with Crippen molar-refractivity contribution in [2.24, 2.45) is 0 Å². The Balaban J connectivity index is 1.48. The lowest BCUT2D eigenvalue weighted by atomic mass is 10.2. The highest BCUT2D eigenvalue weighted by molar-refractivity contribution is 6.35. The molecule has 0 aliphatic rings. The number of aryl methyl sites for hydroxylation is 1. The summed E-state index contributed by atoms with van der Waals surface area (Å²) in [5, 5.41) is 26.6. The van der Waals surface area contributed by atoms with Gasteiger partial charge in [-0.1, -0.05) is 34.4 Å². The lowest BCUT2D eigenvalue weighted by Gasteiger charge is -2.07. The van der Waals surface area contributed by atoms with E-state index in [0.29, 0.717) is 39.3 Å². The molecule has 32 heavy (non-hydrogen) atoms. The maximum absolute atomic E-state index is 12.8. The van der Waals surface area contributed by atoms with Gasteiger partial charge < -0.3 is 9.84 Å². The number of halogens is 2. The highest BCUT2D eigenvalue weighted by Gasteiger charge is 2.22. The Morgan fingerprint density at radius 1 is 1.19 bits per heavy atom. The van der Waals surface area contributed by atoms with Gasteiger partial charge in [0.2, 0.25) is 0 Å². The Morgan fingerprint density at radius 2 is 1.91 bits per heavy atom. The van der Waals surface area contributed by atoms with Gasteiger partial charge in [-0.2, -0.15) is 10.2 Å². The van der Waals surface area contributed by atoms with Crippen molar-refractivity contribution in [1.82, 2.24) is 24.7 Å². The lowest BCUT2D eigenvalue weighted by molar-refractivity contribution is -0.385. The van der Waals surface area contributed by atoms with Gasteiger partial charge >= 0.3 is 5.69 Å². The zero-order valence-electron chi connectivity index (χ0n) is 16.5. The Hall–Kier alpha value is -3.70. The van der Waals surface area contributed by atoms with Crippen LogP contribution in [0.4, 0.5) is 11.5 Å². The van der Waals surface area contributed by atoms with Gasteiger partial charge in [0.05, 0.1) is 18.0 Å². The van der Waals surface area contributed by atoms with E-state index in [-0.39, 0.29) is 17.9 Å². The number of aromatic nitrogens is 5. The third-order valence-corrected chi connectivity index (χ3v) is 5.32. The first-order chi connectivity index (χ1) is 15.3. The van der Waals surface area contributed by atoms with Crippen molar-refractivity contribution in [3.8, 4) is 0 Å². The molecular formula is C19H15Cl2N7O4. The molecule has 0 aliphatic heterocycles. The number of anilines is 1. The minimum absolute atomic E-state index is 0.0318. The topological polar surface area (TPSA) is 134 Å². The third-order valence-electron chi connectivity index (χ3n) is 4.61. The first-order valence-electron chi connectivity index (χ1n) is 9.21. The third kappa shape index (κ3) is 4.48. The fraction of sp³-hybridized carbons (Fsp3) is 0.158. The van der Waals surface area contributed by atoms with Crippen LogP contribution >= 0.6 is 23.2 Å². The molecule has 1 N–H and O–H groups in total. The van der Waals surface area contributed by atoms with Gasteiger partial charge in [0.1, 0.15) is 18.2 Å². The van der Waals surface area contributed by atoms with Crippen LogP contribution in [0.3, 0.4) is 0 Å². The fourth-order valence-corrected chi connectivity index (χ4v) is 3.51. The highest BCUT2D eigenvalue weighted by atomic mass is 35.5. The summed E-state index contributed by atoms with van der Waals surface area (Å²) in [6.07, 6.45) is 4.06. The van der Waals surface area contributed by atoms with E-state index in [4.69, 9.17) is 27.7 Å². The summed E-state index contributed by atoms with van der Waals surface area (Å²) in [5.74, 6) is 0.145. The number of hydrogen-bond acceptors (Lipinski definition) is 7. The van der Waals surface area contributed by atoms with Gasteiger partial charge in [-0.3, -0.25) is 24.3 Å². The van der Waals surface area contributed by atoms with Crippen molar-refractivity contribution < 1.29 is 14.2 Å². The number of nitrogens with zero attached hydrogens (tertiary/aromatic N) is 6. The van der Waals surface area contributed by atoms with Crippen molar-refractivity contribution >= 4 is 40.6 Å². The molecule has 13 heteroatoms. The Morgan fingerprint density at radius 3 is 2.59 bits per heavy atom. The van der Waals surface area contributed by atoms with Crippen molar-refractivity contribution in [1.29, 1.82) is 0 Å². The number of carbonyl (C=O) groups is 1. The quantitative estimate of drug-likeness (QED) is 0.315. The molecular weight excluding hydrogens is 461 g/mol. The second-order valence-corrected chi connectivity index (χ2v) is 7.59. The van der Waals surface area contributed by atoms with E-state index in [0.717, 1.165) is 6.20 Å². The number of rotatable bonds is 7. The maximum Gasteiger partial charge on any atom is 0.307 e. The second kappa shape index (κ2) is 8.81. The molecule has 11 nitrogen and oxygen atoms in total. The largest absolute Gasteiger partial charge is 0.361 e. The molecule has 1 amide bonds. The maximum atomic E-state index is 12.8. The second-order valence-electron chi connectivity index (χ2n) is 6.77. The number of nitro groups is 1. The summed E-state index contributed by atoms with van der Waals surface area (Å²) in [7, 11) is 0. The smallest absolute Gasteiger partial charge is 0.307 e. The van der Waals surface area contributed by atoms with Crippen LogP contribution in [0.15, 0.2) is 47.4 Å². The molecule has 164 valence electrons. The van der Waals surface area contributed by atoms with Crippen LogP contribution in [0.2, 0.25) is 10.0 Å². The molecule has 4 rings (SSSR count). The summed E-state index contributed by atoms with van der Waals surface area (Å²) in [4.78, 5) is 23.1. The molecule has 0 atom stereocenters. The van der Waals surface area contributed by atoms with Crippen LogP contribution in [0, 0.1) is 17.0 Å². The van der Waals surface area contributed by atoms with Gasteiger partial charge in [-0.25, -0.2) is 0 Å². The predicted molar refractivity (Wildman–Crippen MR) is 115 cm³/mol. The van der Waals surface area contributed by atoms with Gasteiger partial charge in [0, 0.05) is 33.4 Å². The first kappa shape index (κ1) is 21.5. The SMILES string of the molecule is Cc1onc(C(=O)Nc2ccn(Cc3c(Cl)cccc3Cl)n2)c1Cn1cc([N+](=O)[O-])cn1. The van der Waals surface area contributed by atoms with Crippen LogP contribution < -0.4 is 5.32 Å². The molecule has 0 saturated heterocycles. The van der Waals surface area contributed by atoms with E-state index in [1.165, 1.54) is 10.9 Å². The zero-order valence-corrected chi connectivity index (χ0v) is 18.0. The zero-order chi connectivity index (χ0) is 22.8. The molecule has 0 saturated carbocycles. The molecule has 0 unspecified atom stereocenters. The van der Waals surface area contributed by atoms with E-state index in [1.54, 1.807) is 42.1 Å². The van der Waals surface area contributed by atoms with Gasteiger partial charge in [-0.15, -0.1) is 0 Å². The summed E-state index contributed by atoms with van der Waals surface area (Å²) in [5.41, 5.74) is 1.03. The molecule has 1 aromatic carbocycles. The first-order valence-corrected chi connectivity index (χ1v) is 9.97. The number of nitrogens with one attached hydrogen (secondary N) is 1. The van der Waals surface area contributed by atoms with E-state index >= 15 is 0 Å². The van der Waals surface area contributed by atoms with Crippen molar-refractivity contribution in [2.45, 2.75) is 20.0 Å². The Bertz CT molecular complexity index is 1290. The molecule has 0 aliphatic carbocycles. The lowest BCUT2D eigenvalue weighted by Crippen LogP contribution is -2.16. The van der Waals surface area contributed by atoms with E-state index in [9.17, 15) is 14.9 Å². The fourth-order valence-electron chi connectivity index (χ4n) is 2.99. The number of amides is 1. The molecule has 4 aromatic rings. The monoisotopic (exact) mass is 475 g/mol. The number of benzene rings is 1. The molecule has 0 spiro atoms. The van der Waals surface area contributed by atoms with Crippen molar-refractivity contribution in [3.63, 3.8) is 0 Å². The molecule has 0 bridgehead atoms. The summed E-state index contributed by atoms with van der Waals surface area (Å²) < 4.78 is 8.06. The van der Waals surface area contributed by atoms with Gasteiger partial charge in [0.15, 0.2) is 11.5 Å². The molecule has 3 heterocycles. The average Bonchev–Trinajstić information content (AvgIpc) is 3.47. The minimum Gasteiger partial charge on any atom is -0.361 e. The highest BCUT2D eigenvalue weighted by Crippen LogP contribution is 2.25. The van der Waals surface area contributed by atoms with Crippen LogP contribution in [-0.4, -0.2) is 35.5 Å². The van der Waals surface area contributed by atoms with Crippen LogP contribution in [0.1, 0.15) is 27.4 Å². The van der Waals surface area contributed by atoms with Gasteiger partial charge in [-0.05, 0) is 19.1 Å². The van der Waals surface area contributed by atoms with Crippen LogP contribution in [-0.2, 0) is 13.1 Å². The van der Waals surface area contributed by atoms with E-state index in [2.05, 4.69) is 20.7 Å². The molecule has 3 aromatic heterocycles. The summed E-state index contributed by atoms with van der Waals surface area (Å²) in [6.45, 7) is 2.03. The molecule has 0 fully saturated rings. The Kier molecular flexibility index (Phi) is 5.93. The average molecular weight is 476 g/mol. The number of hydrogen-bond donors (Lipinski definition) is 1. The standard InChI is InChI=1S/C19H15Cl2N7O4/c1-11-13(9-27-8-12(7-22-27)28(30)31)18(25-32-11)19(29)23-17-5-6-26(24-17)10-14-15(20)3-2-4-16(14)21/h2-8H,9-10H2,1H3,(H,23,24,29). The van der Waals surface area contributed by atoms with Crippen LogP contribution in [0.5, 0.6) is 0 Å². The molecule has 0 radical (unpaired) electrons. The normalized spacial score (nSPS) is 11.0. The summed E-state index contributed by atoms with van der Waals surface area (Å²) in [6, 6.07) is 6.84. The Labute approximate surface area is 190 Å². The minimum atomic E-state index is -0.552. The number of carbonyl (C=O) groups excluding carboxylic acids is 1. The predicted octanol–water partition coefficient (Wildman–Crippen LogP) is 3.94.